The molecular formula is C10H11BrN2O. The van der Waals surface area contributed by atoms with E-state index in [1.807, 2.05) is 19.9 Å². The summed E-state index contributed by atoms with van der Waals surface area (Å²) < 4.78 is 0.910. The first kappa shape index (κ1) is 9.65. The highest BCUT2D eigenvalue weighted by atomic mass is 79.9. The fourth-order valence-corrected chi connectivity index (χ4v) is 2.12. The number of amides is 1. The van der Waals surface area contributed by atoms with Gasteiger partial charge in [-0.2, -0.15) is 0 Å². The lowest BCUT2D eigenvalue weighted by Gasteiger charge is -2.15. The van der Waals surface area contributed by atoms with E-state index in [0.717, 1.165) is 15.9 Å². The van der Waals surface area contributed by atoms with Crippen molar-refractivity contribution in [3.05, 3.63) is 22.3 Å². The second-order valence-corrected chi connectivity index (χ2v) is 4.93. The van der Waals surface area contributed by atoms with Gasteiger partial charge in [0.25, 0.3) is 0 Å². The average Bonchev–Trinajstić information content (AvgIpc) is 2.29. The second kappa shape index (κ2) is 2.79. The standard InChI is InChI=1S/C10H11BrN2O/c1-10(2)7-4-6(11)5-12-8(7)13(3)9(10)14/h4-5H,1-3H3. The molecule has 3 nitrogen and oxygen atoms in total. The molecule has 1 aliphatic rings. The molecule has 14 heavy (non-hydrogen) atoms. The van der Waals surface area contributed by atoms with E-state index in [-0.39, 0.29) is 5.91 Å². The fourth-order valence-electron chi connectivity index (χ4n) is 1.79. The van der Waals surface area contributed by atoms with Crippen LogP contribution in [0, 0.1) is 0 Å². The molecule has 1 aromatic rings. The predicted molar refractivity (Wildman–Crippen MR) is 58.4 cm³/mol. The van der Waals surface area contributed by atoms with Crippen LogP contribution in [-0.2, 0) is 10.2 Å². The van der Waals surface area contributed by atoms with Crippen molar-refractivity contribution in [2.75, 3.05) is 11.9 Å². The molecule has 0 saturated heterocycles. The van der Waals surface area contributed by atoms with Crippen LogP contribution in [0.15, 0.2) is 16.7 Å². The van der Waals surface area contributed by atoms with Crippen molar-refractivity contribution in [3.63, 3.8) is 0 Å². The fraction of sp³-hybridized carbons (Fsp3) is 0.400. The number of pyridine rings is 1. The van der Waals surface area contributed by atoms with Crippen molar-refractivity contribution in [2.45, 2.75) is 19.3 Å². The summed E-state index contributed by atoms with van der Waals surface area (Å²) in [6.07, 6.45) is 1.71. The first-order chi connectivity index (χ1) is 6.44. The van der Waals surface area contributed by atoms with Gasteiger partial charge in [-0.15, -0.1) is 0 Å². The second-order valence-electron chi connectivity index (χ2n) is 4.01. The molecule has 1 aliphatic heterocycles. The summed E-state index contributed by atoms with van der Waals surface area (Å²) in [6.45, 7) is 3.84. The molecule has 1 amide bonds. The number of rotatable bonds is 0. The first-order valence-corrected chi connectivity index (χ1v) is 5.18. The van der Waals surface area contributed by atoms with Gasteiger partial charge >= 0.3 is 0 Å². The van der Waals surface area contributed by atoms with Crippen LogP contribution in [0.4, 0.5) is 5.82 Å². The molecule has 0 bridgehead atoms. The van der Waals surface area contributed by atoms with E-state index in [1.54, 1.807) is 18.1 Å². The largest absolute Gasteiger partial charge is 0.299 e. The van der Waals surface area contributed by atoms with Crippen molar-refractivity contribution in [1.82, 2.24) is 4.98 Å². The topological polar surface area (TPSA) is 33.2 Å². The number of carbonyl (C=O) groups is 1. The van der Waals surface area contributed by atoms with Crippen LogP contribution in [0.25, 0.3) is 0 Å². The van der Waals surface area contributed by atoms with Crippen LogP contribution in [0.1, 0.15) is 19.4 Å². The summed E-state index contributed by atoms with van der Waals surface area (Å²) in [5, 5.41) is 0. The van der Waals surface area contributed by atoms with E-state index in [0.29, 0.717) is 0 Å². The van der Waals surface area contributed by atoms with Gasteiger partial charge in [-0.25, -0.2) is 4.98 Å². The minimum Gasteiger partial charge on any atom is -0.299 e. The van der Waals surface area contributed by atoms with Crippen molar-refractivity contribution < 1.29 is 4.79 Å². The van der Waals surface area contributed by atoms with Crippen LogP contribution in [0.2, 0.25) is 0 Å². The normalized spacial score (nSPS) is 18.6. The zero-order valence-electron chi connectivity index (χ0n) is 8.34. The van der Waals surface area contributed by atoms with Gasteiger partial charge in [-0.05, 0) is 35.8 Å². The van der Waals surface area contributed by atoms with Gasteiger partial charge in [0.05, 0.1) is 5.41 Å². The number of hydrogen-bond donors (Lipinski definition) is 0. The number of nitrogens with zero attached hydrogens (tertiary/aromatic N) is 2. The maximum Gasteiger partial charge on any atom is 0.238 e. The Balaban J connectivity index is 2.69. The van der Waals surface area contributed by atoms with E-state index < -0.39 is 5.41 Å². The molecule has 2 rings (SSSR count). The third-order valence-electron chi connectivity index (χ3n) is 2.66. The molecule has 0 N–H and O–H groups in total. The van der Waals surface area contributed by atoms with Gasteiger partial charge in [0, 0.05) is 23.3 Å². The Kier molecular flexibility index (Phi) is 1.93. The number of halogens is 1. The minimum absolute atomic E-state index is 0.0955. The maximum absolute atomic E-state index is 11.9. The highest BCUT2D eigenvalue weighted by molar-refractivity contribution is 9.10. The number of hydrogen-bond acceptors (Lipinski definition) is 2. The summed E-state index contributed by atoms with van der Waals surface area (Å²) >= 11 is 3.36. The van der Waals surface area contributed by atoms with Crippen molar-refractivity contribution in [3.8, 4) is 0 Å². The quantitative estimate of drug-likeness (QED) is 0.711. The molecule has 0 fully saturated rings. The highest BCUT2D eigenvalue weighted by Crippen LogP contribution is 2.40. The zero-order chi connectivity index (χ0) is 10.5. The molecule has 0 aromatic carbocycles. The van der Waals surface area contributed by atoms with Crippen LogP contribution in [0.3, 0.4) is 0 Å². The Morgan fingerprint density at radius 1 is 1.50 bits per heavy atom. The van der Waals surface area contributed by atoms with Gasteiger partial charge < -0.3 is 0 Å². The molecule has 74 valence electrons. The molecule has 0 radical (unpaired) electrons. The van der Waals surface area contributed by atoms with E-state index in [1.165, 1.54) is 0 Å². The molecule has 0 spiro atoms. The molecule has 1 aromatic heterocycles. The number of anilines is 1. The van der Waals surface area contributed by atoms with Crippen LogP contribution >= 0.6 is 15.9 Å². The van der Waals surface area contributed by atoms with Gasteiger partial charge in [-0.3, -0.25) is 9.69 Å². The van der Waals surface area contributed by atoms with Crippen LogP contribution in [0.5, 0.6) is 0 Å². The molecule has 2 heterocycles. The Morgan fingerprint density at radius 2 is 2.14 bits per heavy atom. The summed E-state index contributed by atoms with van der Waals surface area (Å²) in [5.41, 5.74) is 0.528. The van der Waals surface area contributed by atoms with Crippen LogP contribution < -0.4 is 4.90 Å². The van der Waals surface area contributed by atoms with E-state index in [2.05, 4.69) is 20.9 Å². The van der Waals surface area contributed by atoms with Crippen LogP contribution in [-0.4, -0.2) is 17.9 Å². The third kappa shape index (κ3) is 1.10. The third-order valence-corrected chi connectivity index (χ3v) is 3.10. The molecule has 0 unspecified atom stereocenters. The van der Waals surface area contributed by atoms with Crippen molar-refractivity contribution in [1.29, 1.82) is 0 Å². The van der Waals surface area contributed by atoms with Gasteiger partial charge in [0.2, 0.25) is 5.91 Å². The molecule has 4 heteroatoms. The number of likely N-dealkylation sites (N-methyl/N-ethyl adjacent to an activating group) is 1. The monoisotopic (exact) mass is 254 g/mol. The zero-order valence-corrected chi connectivity index (χ0v) is 9.92. The molecule has 0 atom stereocenters. The van der Waals surface area contributed by atoms with Gasteiger partial charge in [-0.1, -0.05) is 0 Å². The Labute approximate surface area is 91.3 Å². The minimum atomic E-state index is -0.457. The van der Waals surface area contributed by atoms with E-state index in [9.17, 15) is 4.79 Å². The number of carbonyl (C=O) groups excluding carboxylic acids is 1. The molecule has 0 saturated carbocycles. The first-order valence-electron chi connectivity index (χ1n) is 4.39. The molecule has 0 aliphatic carbocycles. The van der Waals surface area contributed by atoms with E-state index >= 15 is 0 Å². The number of aromatic nitrogens is 1. The Morgan fingerprint density at radius 3 is 2.79 bits per heavy atom. The SMILES string of the molecule is CN1C(=O)C(C)(C)c2cc(Br)cnc21. The lowest BCUT2D eigenvalue weighted by molar-refractivity contribution is -0.121. The Hall–Kier alpha value is -0.900. The predicted octanol–water partition coefficient (Wildman–Crippen LogP) is 2.10. The van der Waals surface area contributed by atoms with Gasteiger partial charge in [0.1, 0.15) is 5.82 Å². The summed E-state index contributed by atoms with van der Waals surface area (Å²) in [4.78, 5) is 17.7. The smallest absolute Gasteiger partial charge is 0.238 e. The lowest BCUT2D eigenvalue weighted by Crippen LogP contribution is -2.33. The number of fused-ring (bicyclic) bond motifs is 1. The lowest BCUT2D eigenvalue weighted by atomic mass is 9.87. The average molecular weight is 255 g/mol. The summed E-state index contributed by atoms with van der Waals surface area (Å²) in [6, 6.07) is 1.96. The van der Waals surface area contributed by atoms with Crippen molar-refractivity contribution >= 4 is 27.7 Å². The molecular weight excluding hydrogens is 244 g/mol. The summed E-state index contributed by atoms with van der Waals surface area (Å²) in [7, 11) is 1.76. The van der Waals surface area contributed by atoms with Gasteiger partial charge in [0.15, 0.2) is 0 Å². The van der Waals surface area contributed by atoms with Crippen molar-refractivity contribution in [2.24, 2.45) is 0 Å². The maximum atomic E-state index is 11.9. The summed E-state index contributed by atoms with van der Waals surface area (Å²) in [5.74, 6) is 0.862. The van der Waals surface area contributed by atoms with E-state index in [4.69, 9.17) is 0 Å². The Bertz CT molecular complexity index is 415. The highest BCUT2D eigenvalue weighted by Gasteiger charge is 2.43.